The number of rotatable bonds is 11. The lowest BCUT2D eigenvalue weighted by Gasteiger charge is -2.16. The van der Waals surface area contributed by atoms with E-state index in [0.717, 1.165) is 11.1 Å². The molecule has 38 heavy (non-hydrogen) atoms. The summed E-state index contributed by atoms with van der Waals surface area (Å²) in [4.78, 5) is 25.7. The second-order valence-corrected chi connectivity index (χ2v) is 10.3. The van der Waals surface area contributed by atoms with Crippen LogP contribution in [0.3, 0.4) is 0 Å². The predicted octanol–water partition coefficient (Wildman–Crippen LogP) is 6.73. The largest absolute Gasteiger partial charge is 0.481 e. The first-order valence-corrected chi connectivity index (χ1v) is 14.3. The number of hydrogen-bond donors (Lipinski definition) is 1. The van der Waals surface area contributed by atoms with Crippen molar-refractivity contribution < 1.29 is 19.1 Å². The molecule has 0 saturated carbocycles. The number of ether oxygens (including phenoxy) is 2. The van der Waals surface area contributed by atoms with Crippen LogP contribution in [0.5, 0.6) is 5.75 Å². The Bertz CT molecular complexity index is 1410. The van der Waals surface area contributed by atoms with E-state index in [9.17, 15) is 9.59 Å². The van der Waals surface area contributed by atoms with Crippen LogP contribution in [0, 0.1) is 0 Å². The third-order valence-electron chi connectivity index (χ3n) is 5.51. The molecule has 0 aliphatic rings. The number of nitrogens with zero attached hydrogens (tertiary/aromatic N) is 3. The molecule has 8 nitrogen and oxygen atoms in total. The number of para-hydroxylation sites is 1. The summed E-state index contributed by atoms with van der Waals surface area (Å²) in [5.74, 6) is 0.529. The highest BCUT2D eigenvalue weighted by atomic mass is 35.5. The van der Waals surface area contributed by atoms with E-state index in [1.165, 1.54) is 23.1 Å². The average Bonchev–Trinajstić information content (AvgIpc) is 3.53. The number of thioether (sulfide) groups is 1. The normalized spacial score (nSPS) is 11.7. The Labute approximate surface area is 234 Å². The lowest BCUT2D eigenvalue weighted by Crippen LogP contribution is -2.17. The van der Waals surface area contributed by atoms with Gasteiger partial charge in [-0.3, -0.25) is 4.79 Å². The first-order chi connectivity index (χ1) is 18.4. The van der Waals surface area contributed by atoms with Crippen molar-refractivity contribution in [2.24, 2.45) is 0 Å². The summed E-state index contributed by atoms with van der Waals surface area (Å²) in [6.45, 7) is 6.43. The Morgan fingerprint density at radius 1 is 1.11 bits per heavy atom. The Morgan fingerprint density at radius 2 is 1.84 bits per heavy atom. The van der Waals surface area contributed by atoms with E-state index in [4.69, 9.17) is 21.1 Å². The summed E-state index contributed by atoms with van der Waals surface area (Å²) in [7, 11) is 0. The Hall–Kier alpha value is -3.34. The lowest BCUT2D eigenvalue weighted by molar-refractivity contribution is -0.113. The molecular formula is C27H27ClN4O4S2. The Kier molecular flexibility index (Phi) is 9.43. The summed E-state index contributed by atoms with van der Waals surface area (Å²) in [6.07, 6.45) is -0.403. The maximum atomic E-state index is 12.9. The van der Waals surface area contributed by atoms with E-state index in [1.807, 2.05) is 66.3 Å². The molecule has 0 bridgehead atoms. The zero-order valence-corrected chi connectivity index (χ0v) is 23.5. The van der Waals surface area contributed by atoms with E-state index in [-0.39, 0.29) is 18.3 Å². The topological polar surface area (TPSA) is 95.3 Å². The Morgan fingerprint density at radius 3 is 2.55 bits per heavy atom. The van der Waals surface area contributed by atoms with E-state index in [0.29, 0.717) is 38.9 Å². The minimum absolute atomic E-state index is 0.0821. The van der Waals surface area contributed by atoms with E-state index < -0.39 is 12.1 Å². The van der Waals surface area contributed by atoms with Crippen LogP contribution in [0.2, 0.25) is 5.02 Å². The van der Waals surface area contributed by atoms with Gasteiger partial charge < -0.3 is 19.4 Å². The summed E-state index contributed by atoms with van der Waals surface area (Å²) in [6, 6.07) is 16.8. The highest BCUT2D eigenvalue weighted by Gasteiger charge is 2.24. The predicted molar refractivity (Wildman–Crippen MR) is 151 cm³/mol. The second-order valence-electron chi connectivity index (χ2n) is 8.05. The average molecular weight is 571 g/mol. The van der Waals surface area contributed by atoms with Gasteiger partial charge in [-0.25, -0.2) is 4.79 Å². The molecule has 2 aromatic heterocycles. The Balaban J connectivity index is 1.46. The third kappa shape index (κ3) is 6.38. The number of carbonyl (C=O) groups excluding carboxylic acids is 2. The lowest BCUT2D eigenvalue weighted by atomic mass is 10.0. The highest BCUT2D eigenvalue weighted by Crippen LogP contribution is 2.36. The van der Waals surface area contributed by atoms with Crippen molar-refractivity contribution in [3.63, 3.8) is 0 Å². The van der Waals surface area contributed by atoms with Crippen molar-refractivity contribution in [2.75, 3.05) is 17.7 Å². The van der Waals surface area contributed by atoms with Crippen LogP contribution in [0.4, 0.5) is 5.00 Å². The molecule has 1 amide bonds. The minimum atomic E-state index is -0.474. The molecule has 0 saturated heterocycles. The van der Waals surface area contributed by atoms with Crippen molar-refractivity contribution in [1.29, 1.82) is 0 Å². The minimum Gasteiger partial charge on any atom is -0.481 e. The standard InChI is InChI=1S/C27H27ClN4O4S2/c1-4-32-24(17(3)36-21-14-10-9-13-20(21)28)30-31-27(32)38-16-22(33)29-25-23(26(34)35-5-2)19(15-37-25)18-11-7-6-8-12-18/h6-15,17H,4-5,16H2,1-3H3,(H,29,33). The van der Waals surface area contributed by atoms with E-state index in [2.05, 4.69) is 15.5 Å². The molecule has 11 heteroatoms. The number of hydrogen-bond acceptors (Lipinski definition) is 8. The van der Waals surface area contributed by atoms with Crippen LogP contribution in [0.1, 0.15) is 43.1 Å². The molecule has 198 valence electrons. The van der Waals surface area contributed by atoms with E-state index >= 15 is 0 Å². The fraction of sp³-hybridized carbons (Fsp3) is 0.259. The first kappa shape index (κ1) is 27.7. The summed E-state index contributed by atoms with van der Waals surface area (Å²) >= 11 is 8.77. The van der Waals surface area contributed by atoms with Crippen molar-refractivity contribution in [3.05, 3.63) is 76.4 Å². The second kappa shape index (κ2) is 12.9. The van der Waals surface area contributed by atoms with Gasteiger partial charge in [0.15, 0.2) is 17.1 Å². The molecule has 1 atom stereocenters. The zero-order chi connectivity index (χ0) is 27.1. The number of anilines is 1. The number of benzene rings is 2. The van der Waals surface area contributed by atoms with Crippen LogP contribution in [0.15, 0.2) is 65.1 Å². The van der Waals surface area contributed by atoms with Crippen molar-refractivity contribution >= 4 is 51.6 Å². The van der Waals surface area contributed by atoms with E-state index in [1.54, 1.807) is 19.1 Å². The van der Waals surface area contributed by atoms with Gasteiger partial charge in [-0.05, 0) is 38.5 Å². The molecule has 2 heterocycles. The number of carbonyl (C=O) groups is 2. The molecule has 0 radical (unpaired) electrons. The van der Waals surface area contributed by atoms with Crippen LogP contribution in [-0.2, 0) is 16.1 Å². The highest BCUT2D eigenvalue weighted by molar-refractivity contribution is 7.99. The van der Waals surface area contributed by atoms with Gasteiger partial charge in [0.1, 0.15) is 16.3 Å². The fourth-order valence-corrected chi connectivity index (χ4v) is 5.73. The molecular weight excluding hydrogens is 544 g/mol. The van der Waals surface area contributed by atoms with Crippen LogP contribution >= 0.6 is 34.7 Å². The van der Waals surface area contributed by atoms with Gasteiger partial charge in [0, 0.05) is 17.5 Å². The van der Waals surface area contributed by atoms with Crippen molar-refractivity contribution in [2.45, 2.75) is 38.6 Å². The van der Waals surface area contributed by atoms with Crippen molar-refractivity contribution in [3.8, 4) is 16.9 Å². The number of esters is 1. The SMILES string of the molecule is CCOC(=O)c1c(-c2ccccc2)csc1NC(=O)CSc1nnc(C(C)Oc2ccccc2Cl)n1CC. The fourth-order valence-electron chi connectivity index (χ4n) is 3.77. The van der Waals surface area contributed by atoms with Crippen molar-refractivity contribution in [1.82, 2.24) is 14.8 Å². The summed E-state index contributed by atoms with van der Waals surface area (Å²) in [5, 5.41) is 14.9. The third-order valence-corrected chi connectivity index (χ3v) is 7.68. The molecule has 4 rings (SSSR count). The monoisotopic (exact) mass is 570 g/mol. The van der Waals surface area contributed by atoms with Crippen LogP contribution in [-0.4, -0.2) is 39.0 Å². The quantitative estimate of drug-likeness (QED) is 0.158. The number of halogens is 1. The zero-order valence-electron chi connectivity index (χ0n) is 21.1. The van der Waals surface area contributed by atoms with Gasteiger partial charge in [0.2, 0.25) is 5.91 Å². The number of aromatic nitrogens is 3. The maximum absolute atomic E-state index is 12.9. The van der Waals surface area contributed by atoms with Gasteiger partial charge in [-0.1, -0.05) is 65.8 Å². The van der Waals surface area contributed by atoms with Gasteiger partial charge in [-0.2, -0.15) is 0 Å². The van der Waals surface area contributed by atoms with Crippen LogP contribution < -0.4 is 10.1 Å². The van der Waals surface area contributed by atoms with Crippen LogP contribution in [0.25, 0.3) is 11.1 Å². The molecule has 4 aromatic rings. The molecule has 1 unspecified atom stereocenters. The van der Waals surface area contributed by atoms with Gasteiger partial charge in [0.05, 0.1) is 17.4 Å². The molecule has 0 aliphatic heterocycles. The van der Waals surface area contributed by atoms with Gasteiger partial charge >= 0.3 is 5.97 Å². The summed E-state index contributed by atoms with van der Waals surface area (Å²) in [5.41, 5.74) is 1.95. The van der Waals surface area contributed by atoms with Gasteiger partial charge in [0.25, 0.3) is 0 Å². The summed E-state index contributed by atoms with van der Waals surface area (Å²) < 4.78 is 13.2. The first-order valence-electron chi connectivity index (χ1n) is 12.0. The molecule has 0 fully saturated rings. The number of thiophene rings is 1. The molecule has 0 spiro atoms. The smallest absolute Gasteiger partial charge is 0.341 e. The maximum Gasteiger partial charge on any atom is 0.341 e. The molecule has 0 aliphatic carbocycles. The number of nitrogens with one attached hydrogen (secondary N) is 1. The molecule has 1 N–H and O–H groups in total. The number of amides is 1. The van der Waals surface area contributed by atoms with Gasteiger partial charge in [-0.15, -0.1) is 21.5 Å². The molecule has 2 aromatic carbocycles.